The topological polar surface area (TPSA) is 131 Å². The standard InChI is InChI=1S/C24H26Cl2N6O3/c1-15-13-30-22(14-29-15)32-24(34)31-20-12-18(26)7-8-21(20)35-10-2-9-28-23(33)19(27)11-16-3-5-17(25)6-4-16/h3-8,12-14,19H,2,9-11,27H2,1H3,(H,28,33)(H2,30,31,32,34)/t19-/m0/s1. The molecule has 3 amide bonds. The van der Waals surface area contributed by atoms with Crippen LogP contribution in [0.3, 0.4) is 0 Å². The van der Waals surface area contributed by atoms with Crippen LogP contribution in [0.2, 0.25) is 10.0 Å². The molecular formula is C24H26Cl2N6O3. The number of anilines is 2. The predicted molar refractivity (Wildman–Crippen MR) is 137 cm³/mol. The molecule has 0 unspecified atom stereocenters. The zero-order chi connectivity index (χ0) is 25.2. The number of ether oxygens (including phenoxy) is 1. The molecule has 0 radical (unpaired) electrons. The number of aryl methyl sites for hydroxylation is 1. The highest BCUT2D eigenvalue weighted by Crippen LogP contribution is 2.28. The number of urea groups is 1. The van der Waals surface area contributed by atoms with Gasteiger partial charge in [-0.15, -0.1) is 0 Å². The van der Waals surface area contributed by atoms with Gasteiger partial charge in [0.05, 0.1) is 36.4 Å². The van der Waals surface area contributed by atoms with Gasteiger partial charge in [0.2, 0.25) is 5.91 Å². The molecular weight excluding hydrogens is 491 g/mol. The number of benzene rings is 2. The van der Waals surface area contributed by atoms with Crippen LogP contribution < -0.4 is 26.4 Å². The monoisotopic (exact) mass is 516 g/mol. The molecule has 0 spiro atoms. The van der Waals surface area contributed by atoms with Crippen LogP contribution in [0, 0.1) is 6.92 Å². The lowest BCUT2D eigenvalue weighted by molar-refractivity contribution is -0.122. The van der Waals surface area contributed by atoms with Crippen LogP contribution in [-0.4, -0.2) is 41.1 Å². The van der Waals surface area contributed by atoms with Gasteiger partial charge in [-0.3, -0.25) is 15.1 Å². The summed E-state index contributed by atoms with van der Waals surface area (Å²) in [6.07, 6.45) is 3.95. The van der Waals surface area contributed by atoms with Gasteiger partial charge in [0.25, 0.3) is 0 Å². The largest absolute Gasteiger partial charge is 0.491 e. The van der Waals surface area contributed by atoms with Crippen molar-refractivity contribution in [3.63, 3.8) is 0 Å². The van der Waals surface area contributed by atoms with E-state index in [1.807, 2.05) is 12.1 Å². The quantitative estimate of drug-likeness (QED) is 0.298. The number of carbonyl (C=O) groups is 2. The lowest BCUT2D eigenvalue weighted by Crippen LogP contribution is -2.42. The summed E-state index contributed by atoms with van der Waals surface area (Å²) in [7, 11) is 0. The van der Waals surface area contributed by atoms with Crippen LogP contribution >= 0.6 is 23.2 Å². The number of carbonyl (C=O) groups excluding carboxylic acids is 2. The van der Waals surface area contributed by atoms with Gasteiger partial charge in [-0.05, 0) is 55.7 Å². The molecule has 0 aliphatic heterocycles. The fourth-order valence-corrected chi connectivity index (χ4v) is 3.31. The second kappa shape index (κ2) is 12.9. The number of hydrogen-bond acceptors (Lipinski definition) is 6. The fraction of sp³-hybridized carbons (Fsp3) is 0.250. The first-order valence-corrected chi connectivity index (χ1v) is 11.6. The normalized spacial score (nSPS) is 11.4. The maximum absolute atomic E-state index is 12.3. The molecule has 184 valence electrons. The highest BCUT2D eigenvalue weighted by atomic mass is 35.5. The maximum Gasteiger partial charge on any atom is 0.325 e. The summed E-state index contributed by atoms with van der Waals surface area (Å²) in [5, 5.41) is 9.16. The van der Waals surface area contributed by atoms with E-state index in [2.05, 4.69) is 25.9 Å². The van der Waals surface area contributed by atoms with Crippen molar-refractivity contribution >= 4 is 46.6 Å². The van der Waals surface area contributed by atoms with Crippen molar-refractivity contribution in [3.05, 3.63) is 76.2 Å². The molecule has 1 heterocycles. The van der Waals surface area contributed by atoms with E-state index in [0.717, 1.165) is 11.3 Å². The molecule has 3 rings (SSSR count). The molecule has 11 heteroatoms. The zero-order valence-electron chi connectivity index (χ0n) is 19.1. The Balaban J connectivity index is 1.43. The first kappa shape index (κ1) is 26.2. The number of nitrogens with one attached hydrogen (secondary N) is 3. The molecule has 3 aromatic rings. The highest BCUT2D eigenvalue weighted by molar-refractivity contribution is 6.31. The minimum Gasteiger partial charge on any atom is -0.491 e. The van der Waals surface area contributed by atoms with Crippen LogP contribution in [0.5, 0.6) is 5.75 Å². The van der Waals surface area contributed by atoms with E-state index >= 15 is 0 Å². The van der Waals surface area contributed by atoms with Gasteiger partial charge in [0.15, 0.2) is 5.82 Å². The number of nitrogens with two attached hydrogens (primary N) is 1. The van der Waals surface area contributed by atoms with Crippen LogP contribution in [0.4, 0.5) is 16.3 Å². The van der Waals surface area contributed by atoms with Crippen LogP contribution in [-0.2, 0) is 11.2 Å². The molecule has 1 aromatic heterocycles. The Morgan fingerprint density at radius 3 is 2.49 bits per heavy atom. The Morgan fingerprint density at radius 2 is 1.77 bits per heavy atom. The molecule has 0 aliphatic carbocycles. The molecule has 5 N–H and O–H groups in total. The number of aromatic nitrogens is 2. The summed E-state index contributed by atoms with van der Waals surface area (Å²) in [6.45, 7) is 2.48. The zero-order valence-corrected chi connectivity index (χ0v) is 20.6. The summed E-state index contributed by atoms with van der Waals surface area (Å²) in [6, 6.07) is 10.9. The van der Waals surface area contributed by atoms with Gasteiger partial charge in [0.1, 0.15) is 5.75 Å². The summed E-state index contributed by atoms with van der Waals surface area (Å²) in [5.74, 6) is 0.498. The van der Waals surface area contributed by atoms with E-state index in [9.17, 15) is 9.59 Å². The summed E-state index contributed by atoms with van der Waals surface area (Å²) >= 11 is 12.0. The third-order valence-corrected chi connectivity index (χ3v) is 5.28. The number of rotatable bonds is 10. The lowest BCUT2D eigenvalue weighted by Gasteiger charge is -2.15. The average molecular weight is 517 g/mol. The van der Waals surface area contributed by atoms with Crippen molar-refractivity contribution in [2.75, 3.05) is 23.8 Å². The Morgan fingerprint density at radius 1 is 1.03 bits per heavy atom. The van der Waals surface area contributed by atoms with Gasteiger partial charge in [-0.2, -0.15) is 0 Å². The van der Waals surface area contributed by atoms with Crippen LogP contribution in [0.1, 0.15) is 17.7 Å². The summed E-state index contributed by atoms with van der Waals surface area (Å²) in [5.41, 5.74) is 8.05. The summed E-state index contributed by atoms with van der Waals surface area (Å²) < 4.78 is 5.78. The van der Waals surface area contributed by atoms with Gasteiger partial charge in [0, 0.05) is 16.6 Å². The molecule has 0 saturated carbocycles. The number of amides is 3. The van der Waals surface area contributed by atoms with Crippen LogP contribution in [0.25, 0.3) is 0 Å². The van der Waals surface area contributed by atoms with Crippen molar-refractivity contribution in [3.8, 4) is 5.75 Å². The number of hydrogen-bond donors (Lipinski definition) is 4. The van der Waals surface area contributed by atoms with Crippen molar-refractivity contribution in [1.29, 1.82) is 0 Å². The Bertz CT molecular complexity index is 1140. The molecule has 2 aromatic carbocycles. The third kappa shape index (κ3) is 8.71. The maximum atomic E-state index is 12.3. The Labute approximate surface area is 213 Å². The van der Waals surface area contributed by atoms with Gasteiger partial charge in [-0.1, -0.05) is 35.3 Å². The number of nitrogens with zero attached hydrogens (tertiary/aromatic N) is 2. The van der Waals surface area contributed by atoms with E-state index in [1.54, 1.807) is 43.5 Å². The lowest BCUT2D eigenvalue weighted by atomic mass is 10.1. The highest BCUT2D eigenvalue weighted by Gasteiger charge is 2.14. The van der Waals surface area contributed by atoms with Gasteiger partial charge >= 0.3 is 6.03 Å². The van der Waals surface area contributed by atoms with Gasteiger partial charge < -0.3 is 21.1 Å². The Kier molecular flexibility index (Phi) is 9.66. The van der Waals surface area contributed by atoms with Crippen LogP contribution in [0.15, 0.2) is 54.9 Å². The molecule has 0 bridgehead atoms. The molecule has 0 saturated heterocycles. The summed E-state index contributed by atoms with van der Waals surface area (Å²) in [4.78, 5) is 32.8. The minimum atomic E-state index is -0.666. The van der Waals surface area contributed by atoms with Crippen molar-refractivity contribution in [2.24, 2.45) is 5.73 Å². The average Bonchev–Trinajstić information content (AvgIpc) is 2.83. The first-order chi connectivity index (χ1) is 16.8. The molecule has 35 heavy (non-hydrogen) atoms. The van der Waals surface area contributed by atoms with Crippen molar-refractivity contribution < 1.29 is 14.3 Å². The van der Waals surface area contributed by atoms with Gasteiger partial charge in [-0.25, -0.2) is 9.78 Å². The third-order valence-electron chi connectivity index (χ3n) is 4.80. The SMILES string of the molecule is Cc1cnc(NC(=O)Nc2cc(Cl)ccc2OCCCNC(=O)[C@@H](N)Cc2ccc(Cl)cc2)cn1. The molecule has 1 atom stereocenters. The first-order valence-electron chi connectivity index (χ1n) is 10.9. The van der Waals surface area contributed by atoms with E-state index in [1.165, 1.54) is 6.20 Å². The molecule has 0 aliphatic rings. The molecule has 0 fully saturated rings. The Hall–Kier alpha value is -3.40. The minimum absolute atomic E-state index is 0.246. The van der Waals surface area contributed by atoms with E-state index in [0.29, 0.717) is 53.3 Å². The smallest absolute Gasteiger partial charge is 0.325 e. The second-order valence-corrected chi connectivity index (χ2v) is 8.57. The van der Waals surface area contributed by atoms with Crippen molar-refractivity contribution in [2.45, 2.75) is 25.8 Å². The van der Waals surface area contributed by atoms with E-state index < -0.39 is 12.1 Å². The van der Waals surface area contributed by atoms with Crippen molar-refractivity contribution in [1.82, 2.24) is 15.3 Å². The molecule has 9 nitrogen and oxygen atoms in total. The van der Waals surface area contributed by atoms with E-state index in [-0.39, 0.29) is 5.91 Å². The predicted octanol–water partition coefficient (Wildman–Crippen LogP) is 4.19. The fourth-order valence-electron chi connectivity index (χ4n) is 3.02. The number of halogens is 2. The van der Waals surface area contributed by atoms with E-state index in [4.69, 9.17) is 33.7 Å². The second-order valence-electron chi connectivity index (χ2n) is 7.69.